The van der Waals surface area contributed by atoms with Crippen LogP contribution in [0.15, 0.2) is 17.2 Å². The molecule has 5 unspecified atom stereocenters. The lowest BCUT2D eigenvalue weighted by atomic mass is 9.77. The molecule has 0 aromatic carbocycles. The molecule has 3 N–H and O–H groups in total. The Hall–Kier alpha value is -1.76. The number of H-pyrrole nitrogens is 1. The molecule has 1 aromatic rings. The molecular formula is C20H29FN4O2. The van der Waals surface area contributed by atoms with Gasteiger partial charge >= 0.3 is 0 Å². The summed E-state index contributed by atoms with van der Waals surface area (Å²) in [5.74, 6) is 0.569. The summed E-state index contributed by atoms with van der Waals surface area (Å²) in [6.45, 7) is 2.15. The lowest BCUT2D eigenvalue weighted by Crippen LogP contribution is -2.49. The maximum Gasteiger partial charge on any atom is 0.250 e. The van der Waals surface area contributed by atoms with Crippen LogP contribution in [0.1, 0.15) is 63.5 Å². The van der Waals surface area contributed by atoms with Crippen molar-refractivity contribution >= 4 is 5.91 Å². The van der Waals surface area contributed by atoms with Crippen LogP contribution in [0.5, 0.6) is 0 Å². The molecule has 3 fully saturated rings. The van der Waals surface area contributed by atoms with E-state index >= 15 is 0 Å². The van der Waals surface area contributed by atoms with Crippen LogP contribution in [0.2, 0.25) is 0 Å². The molecule has 148 valence electrons. The fourth-order valence-corrected chi connectivity index (χ4v) is 5.30. The van der Waals surface area contributed by atoms with Crippen LogP contribution in [-0.4, -0.2) is 40.2 Å². The van der Waals surface area contributed by atoms with E-state index in [4.69, 9.17) is 0 Å². The third kappa shape index (κ3) is 3.93. The van der Waals surface area contributed by atoms with Crippen molar-refractivity contribution < 1.29 is 9.18 Å². The standard InChI is InChI=1S/C20H29FN4O2/c1-11-5-6-15(21)14-8-17(25-19(11)14)20(27)24-13-4-2-3-12(7-13)16-9-18(26)23-10-22-16/h9-15,17,19,25H,2-8H2,1H3,(H,24,27)(H,22,23,26)/t11?,12-,13+,14?,15?,17?,19?/m0/s1. The highest BCUT2D eigenvalue weighted by atomic mass is 19.1. The number of amides is 1. The van der Waals surface area contributed by atoms with Gasteiger partial charge in [-0.05, 0) is 44.4 Å². The van der Waals surface area contributed by atoms with E-state index in [0.717, 1.165) is 37.8 Å². The molecule has 3 aliphatic rings. The van der Waals surface area contributed by atoms with Crippen LogP contribution in [0.4, 0.5) is 4.39 Å². The second-order valence-corrected chi connectivity index (χ2v) is 8.62. The summed E-state index contributed by atoms with van der Waals surface area (Å²) in [5.41, 5.74) is 0.663. The number of fused-ring (bicyclic) bond motifs is 1. The van der Waals surface area contributed by atoms with Crippen molar-refractivity contribution in [3.05, 3.63) is 28.4 Å². The highest BCUT2D eigenvalue weighted by Crippen LogP contribution is 2.39. The first-order valence-electron chi connectivity index (χ1n) is 10.3. The summed E-state index contributed by atoms with van der Waals surface area (Å²) in [4.78, 5) is 31.2. The van der Waals surface area contributed by atoms with Crippen molar-refractivity contribution in [1.82, 2.24) is 20.6 Å². The first-order valence-corrected chi connectivity index (χ1v) is 10.3. The zero-order valence-corrected chi connectivity index (χ0v) is 15.8. The van der Waals surface area contributed by atoms with E-state index in [0.29, 0.717) is 18.8 Å². The van der Waals surface area contributed by atoms with Crippen LogP contribution in [0.3, 0.4) is 0 Å². The number of nitrogens with zero attached hydrogens (tertiary/aromatic N) is 1. The third-order valence-corrected chi connectivity index (χ3v) is 6.79. The Labute approximate surface area is 158 Å². The molecule has 0 bridgehead atoms. The quantitative estimate of drug-likeness (QED) is 0.753. The van der Waals surface area contributed by atoms with E-state index in [-0.39, 0.29) is 41.4 Å². The maximum atomic E-state index is 14.3. The van der Waals surface area contributed by atoms with Crippen LogP contribution in [0.25, 0.3) is 0 Å². The molecule has 1 saturated heterocycles. The summed E-state index contributed by atoms with van der Waals surface area (Å²) in [5, 5.41) is 6.58. The number of aromatic nitrogens is 2. The summed E-state index contributed by atoms with van der Waals surface area (Å²) < 4.78 is 14.3. The van der Waals surface area contributed by atoms with Gasteiger partial charge in [-0.3, -0.25) is 9.59 Å². The van der Waals surface area contributed by atoms with Gasteiger partial charge in [0, 0.05) is 30.0 Å². The second kappa shape index (κ2) is 7.70. The van der Waals surface area contributed by atoms with Gasteiger partial charge in [-0.25, -0.2) is 9.37 Å². The molecule has 1 aromatic heterocycles. The molecule has 2 heterocycles. The molecule has 4 rings (SSSR count). The Kier molecular flexibility index (Phi) is 5.30. The lowest BCUT2D eigenvalue weighted by molar-refractivity contribution is -0.123. The Bertz CT molecular complexity index is 721. The minimum atomic E-state index is -0.794. The maximum absolute atomic E-state index is 14.3. The highest BCUT2D eigenvalue weighted by Gasteiger charge is 2.46. The van der Waals surface area contributed by atoms with Crippen molar-refractivity contribution in [1.29, 1.82) is 0 Å². The minimum absolute atomic E-state index is 0.00619. The van der Waals surface area contributed by atoms with Crippen LogP contribution in [-0.2, 0) is 4.79 Å². The zero-order chi connectivity index (χ0) is 19.0. The van der Waals surface area contributed by atoms with E-state index in [9.17, 15) is 14.0 Å². The number of halogens is 1. The van der Waals surface area contributed by atoms with E-state index in [2.05, 4.69) is 27.5 Å². The average Bonchev–Trinajstić information content (AvgIpc) is 3.12. The molecule has 6 nitrogen and oxygen atoms in total. The van der Waals surface area contributed by atoms with Crippen molar-refractivity contribution in [2.75, 3.05) is 0 Å². The summed E-state index contributed by atoms with van der Waals surface area (Å²) in [6.07, 6.45) is 6.46. The van der Waals surface area contributed by atoms with E-state index < -0.39 is 6.17 Å². The molecule has 2 saturated carbocycles. The number of aromatic amines is 1. The molecular weight excluding hydrogens is 347 g/mol. The SMILES string of the molecule is CC1CCC(F)C2CC(C(=O)N[C@@H]3CCC[C@H](c4cc(=O)[nH]cn4)C3)NC12. The van der Waals surface area contributed by atoms with Crippen LogP contribution < -0.4 is 16.2 Å². The number of carbonyl (C=O) groups excluding carboxylic acids is 1. The largest absolute Gasteiger partial charge is 0.352 e. The smallest absolute Gasteiger partial charge is 0.250 e. The van der Waals surface area contributed by atoms with Gasteiger partial charge in [0.25, 0.3) is 5.56 Å². The van der Waals surface area contributed by atoms with E-state index in [1.54, 1.807) is 6.07 Å². The van der Waals surface area contributed by atoms with Gasteiger partial charge in [-0.2, -0.15) is 0 Å². The molecule has 7 atom stereocenters. The number of nitrogens with one attached hydrogen (secondary N) is 3. The topological polar surface area (TPSA) is 86.9 Å². The molecule has 7 heteroatoms. The number of hydrogen-bond acceptors (Lipinski definition) is 4. The summed E-state index contributed by atoms with van der Waals surface area (Å²) in [6, 6.07) is 1.46. The number of carbonyl (C=O) groups is 1. The molecule has 0 spiro atoms. The van der Waals surface area contributed by atoms with Crippen molar-refractivity contribution in [3.8, 4) is 0 Å². The fraction of sp³-hybridized carbons (Fsp3) is 0.750. The summed E-state index contributed by atoms with van der Waals surface area (Å²) >= 11 is 0. The predicted octanol–water partition coefficient (Wildman–Crippen LogP) is 2.03. The number of hydrogen-bond donors (Lipinski definition) is 3. The molecule has 1 amide bonds. The van der Waals surface area contributed by atoms with Gasteiger partial charge in [0.2, 0.25) is 5.91 Å². The van der Waals surface area contributed by atoms with Gasteiger partial charge in [-0.1, -0.05) is 13.3 Å². The summed E-state index contributed by atoms with van der Waals surface area (Å²) in [7, 11) is 0. The second-order valence-electron chi connectivity index (χ2n) is 8.62. The Morgan fingerprint density at radius 3 is 2.89 bits per heavy atom. The first kappa shape index (κ1) is 18.6. The first-order chi connectivity index (χ1) is 13.0. The molecule has 1 aliphatic heterocycles. The predicted molar refractivity (Wildman–Crippen MR) is 100 cm³/mol. The van der Waals surface area contributed by atoms with Crippen molar-refractivity contribution in [3.63, 3.8) is 0 Å². The van der Waals surface area contributed by atoms with Crippen LogP contribution in [0, 0.1) is 11.8 Å². The van der Waals surface area contributed by atoms with Gasteiger partial charge < -0.3 is 15.6 Å². The Morgan fingerprint density at radius 2 is 2.11 bits per heavy atom. The van der Waals surface area contributed by atoms with Gasteiger partial charge in [0.1, 0.15) is 6.17 Å². The fourth-order valence-electron chi connectivity index (χ4n) is 5.30. The van der Waals surface area contributed by atoms with Gasteiger partial charge in [0.05, 0.1) is 18.1 Å². The lowest BCUT2D eigenvalue weighted by Gasteiger charge is -2.33. The number of rotatable bonds is 3. The van der Waals surface area contributed by atoms with E-state index in [1.807, 2.05) is 0 Å². The third-order valence-electron chi connectivity index (χ3n) is 6.79. The minimum Gasteiger partial charge on any atom is -0.352 e. The van der Waals surface area contributed by atoms with Gasteiger partial charge in [0.15, 0.2) is 0 Å². The number of alkyl halides is 1. The van der Waals surface area contributed by atoms with Crippen LogP contribution >= 0.6 is 0 Å². The van der Waals surface area contributed by atoms with Crippen molar-refractivity contribution in [2.45, 2.75) is 82.1 Å². The zero-order valence-electron chi connectivity index (χ0n) is 15.8. The Balaban J connectivity index is 1.36. The van der Waals surface area contributed by atoms with Crippen molar-refractivity contribution in [2.24, 2.45) is 11.8 Å². The molecule has 27 heavy (non-hydrogen) atoms. The van der Waals surface area contributed by atoms with Gasteiger partial charge in [-0.15, -0.1) is 0 Å². The molecule has 2 aliphatic carbocycles. The normalized spacial score (nSPS) is 39.0. The van der Waals surface area contributed by atoms with E-state index in [1.165, 1.54) is 6.33 Å². The highest BCUT2D eigenvalue weighted by molar-refractivity contribution is 5.82. The monoisotopic (exact) mass is 376 g/mol. The molecule has 0 radical (unpaired) electrons. The Morgan fingerprint density at radius 1 is 1.26 bits per heavy atom. The average molecular weight is 376 g/mol.